The first-order valence-corrected chi connectivity index (χ1v) is 5.74. The number of hydrogen-bond donors (Lipinski definition) is 0. The van der Waals surface area contributed by atoms with Crippen LogP contribution in [0.1, 0.15) is 11.3 Å². The SMILES string of the molecule is COc1cc(C#N)ccc1OC(=O)/C=C/c1ccco1. The van der Waals surface area contributed by atoms with Crippen molar-refractivity contribution in [2.75, 3.05) is 7.11 Å². The Hall–Kier alpha value is -3.00. The van der Waals surface area contributed by atoms with Gasteiger partial charge in [-0.3, -0.25) is 0 Å². The van der Waals surface area contributed by atoms with Gasteiger partial charge in [0.15, 0.2) is 11.5 Å². The molecule has 0 bridgehead atoms. The van der Waals surface area contributed by atoms with Crippen LogP contribution in [0.5, 0.6) is 11.5 Å². The van der Waals surface area contributed by atoms with E-state index in [2.05, 4.69) is 0 Å². The van der Waals surface area contributed by atoms with Crippen LogP contribution < -0.4 is 9.47 Å². The minimum absolute atomic E-state index is 0.251. The smallest absolute Gasteiger partial charge is 0.336 e. The Labute approximate surface area is 115 Å². The van der Waals surface area contributed by atoms with Gasteiger partial charge >= 0.3 is 5.97 Å². The molecule has 100 valence electrons. The average Bonchev–Trinajstić information content (AvgIpc) is 2.99. The Kier molecular flexibility index (Phi) is 4.20. The summed E-state index contributed by atoms with van der Waals surface area (Å²) in [5, 5.41) is 8.79. The molecule has 0 unspecified atom stereocenters. The zero-order chi connectivity index (χ0) is 14.4. The van der Waals surface area contributed by atoms with Crippen molar-refractivity contribution in [3.8, 4) is 17.6 Å². The summed E-state index contributed by atoms with van der Waals surface area (Å²) in [5.74, 6) is 0.558. The lowest BCUT2D eigenvalue weighted by Gasteiger charge is -2.07. The Balaban J connectivity index is 2.10. The number of nitriles is 1. The van der Waals surface area contributed by atoms with Crippen molar-refractivity contribution in [1.82, 2.24) is 0 Å². The van der Waals surface area contributed by atoms with Gasteiger partial charge in [-0.25, -0.2) is 4.79 Å². The third kappa shape index (κ3) is 3.27. The van der Waals surface area contributed by atoms with Crippen molar-refractivity contribution in [3.63, 3.8) is 0 Å². The fourth-order valence-electron chi connectivity index (χ4n) is 1.50. The van der Waals surface area contributed by atoms with Crippen LogP contribution in [0.15, 0.2) is 47.1 Å². The van der Waals surface area contributed by atoms with Crippen LogP contribution in [-0.2, 0) is 4.79 Å². The number of methoxy groups -OCH3 is 1. The highest BCUT2D eigenvalue weighted by Crippen LogP contribution is 2.28. The van der Waals surface area contributed by atoms with Crippen LogP contribution >= 0.6 is 0 Å². The zero-order valence-corrected chi connectivity index (χ0v) is 10.7. The van der Waals surface area contributed by atoms with Crippen molar-refractivity contribution in [3.05, 3.63) is 54.0 Å². The van der Waals surface area contributed by atoms with Crippen LogP contribution in [0.4, 0.5) is 0 Å². The largest absolute Gasteiger partial charge is 0.493 e. The van der Waals surface area contributed by atoms with E-state index in [1.54, 1.807) is 18.2 Å². The highest BCUT2D eigenvalue weighted by Gasteiger charge is 2.09. The highest BCUT2D eigenvalue weighted by molar-refractivity contribution is 5.88. The number of rotatable bonds is 4. The Morgan fingerprint density at radius 3 is 2.85 bits per heavy atom. The lowest BCUT2D eigenvalue weighted by Crippen LogP contribution is -2.05. The van der Waals surface area contributed by atoms with Gasteiger partial charge in [0.25, 0.3) is 0 Å². The van der Waals surface area contributed by atoms with Crippen molar-refractivity contribution in [2.24, 2.45) is 0 Å². The summed E-state index contributed by atoms with van der Waals surface area (Å²) in [5.41, 5.74) is 0.424. The van der Waals surface area contributed by atoms with Gasteiger partial charge in [0.05, 0.1) is 25.0 Å². The maximum atomic E-state index is 11.7. The van der Waals surface area contributed by atoms with Crippen LogP contribution in [0.25, 0.3) is 6.08 Å². The molecule has 0 saturated carbocycles. The molecule has 0 fully saturated rings. The molecule has 0 aliphatic heterocycles. The monoisotopic (exact) mass is 269 g/mol. The van der Waals surface area contributed by atoms with Gasteiger partial charge in [0.2, 0.25) is 0 Å². The summed E-state index contributed by atoms with van der Waals surface area (Å²) in [6.07, 6.45) is 4.25. The average molecular weight is 269 g/mol. The van der Waals surface area contributed by atoms with Crippen molar-refractivity contribution in [2.45, 2.75) is 0 Å². The number of ether oxygens (including phenoxy) is 2. The van der Waals surface area contributed by atoms with Gasteiger partial charge in [-0.05, 0) is 30.3 Å². The number of hydrogen-bond acceptors (Lipinski definition) is 5. The molecule has 0 saturated heterocycles. The van der Waals surface area contributed by atoms with Gasteiger partial charge in [0, 0.05) is 12.1 Å². The number of furan rings is 1. The van der Waals surface area contributed by atoms with Crippen molar-refractivity contribution in [1.29, 1.82) is 5.26 Å². The number of carbonyl (C=O) groups excluding carboxylic acids is 1. The second kappa shape index (κ2) is 6.25. The second-order valence-corrected chi connectivity index (χ2v) is 3.75. The first-order valence-electron chi connectivity index (χ1n) is 5.74. The van der Waals surface area contributed by atoms with E-state index >= 15 is 0 Å². The van der Waals surface area contributed by atoms with E-state index < -0.39 is 5.97 Å². The minimum Gasteiger partial charge on any atom is -0.493 e. The lowest BCUT2D eigenvalue weighted by molar-refractivity contribution is -0.129. The third-order valence-electron chi connectivity index (χ3n) is 2.43. The summed E-state index contributed by atoms with van der Waals surface area (Å²) >= 11 is 0. The van der Waals surface area contributed by atoms with Crippen molar-refractivity contribution < 1.29 is 18.7 Å². The molecule has 0 aliphatic carbocycles. The number of nitrogens with zero attached hydrogens (tertiary/aromatic N) is 1. The summed E-state index contributed by atoms with van der Waals surface area (Å²) in [6.45, 7) is 0. The molecule has 0 N–H and O–H groups in total. The van der Waals surface area contributed by atoms with E-state index in [0.717, 1.165) is 0 Å². The summed E-state index contributed by atoms with van der Waals surface area (Å²) in [6, 6.07) is 9.96. The molecule has 0 spiro atoms. The third-order valence-corrected chi connectivity index (χ3v) is 2.43. The minimum atomic E-state index is -0.565. The van der Waals surface area contributed by atoms with Crippen LogP contribution in [0.2, 0.25) is 0 Å². The number of carbonyl (C=O) groups is 1. The predicted octanol–water partition coefficient (Wildman–Crippen LogP) is 2.78. The van der Waals surface area contributed by atoms with Crippen LogP contribution in [-0.4, -0.2) is 13.1 Å². The highest BCUT2D eigenvalue weighted by atomic mass is 16.6. The molecular formula is C15H11NO4. The molecule has 0 aliphatic rings. The van der Waals surface area contributed by atoms with E-state index in [1.165, 1.54) is 37.7 Å². The Morgan fingerprint density at radius 1 is 1.35 bits per heavy atom. The summed E-state index contributed by atoms with van der Waals surface area (Å²) in [7, 11) is 1.44. The molecule has 2 rings (SSSR count). The molecule has 20 heavy (non-hydrogen) atoms. The van der Waals surface area contributed by atoms with Gasteiger partial charge in [-0.1, -0.05) is 0 Å². The molecular weight excluding hydrogens is 258 g/mol. The maximum absolute atomic E-state index is 11.7. The molecule has 5 nitrogen and oxygen atoms in total. The van der Waals surface area contributed by atoms with E-state index in [0.29, 0.717) is 17.1 Å². The number of benzene rings is 1. The molecule has 1 aromatic carbocycles. The van der Waals surface area contributed by atoms with Crippen LogP contribution in [0, 0.1) is 11.3 Å². The van der Waals surface area contributed by atoms with Crippen molar-refractivity contribution >= 4 is 12.0 Å². The molecule has 0 radical (unpaired) electrons. The summed E-state index contributed by atoms with van der Waals surface area (Å²) in [4.78, 5) is 11.7. The van der Waals surface area contributed by atoms with Gasteiger partial charge in [-0.15, -0.1) is 0 Å². The van der Waals surface area contributed by atoms with E-state index in [9.17, 15) is 4.79 Å². The zero-order valence-electron chi connectivity index (χ0n) is 10.7. The van der Waals surface area contributed by atoms with E-state index in [1.807, 2.05) is 6.07 Å². The quantitative estimate of drug-likeness (QED) is 0.485. The summed E-state index contributed by atoms with van der Waals surface area (Å²) < 4.78 is 15.3. The molecule has 5 heteroatoms. The predicted molar refractivity (Wildman–Crippen MR) is 71.1 cm³/mol. The Morgan fingerprint density at radius 2 is 2.20 bits per heavy atom. The fourth-order valence-corrected chi connectivity index (χ4v) is 1.50. The second-order valence-electron chi connectivity index (χ2n) is 3.75. The first-order chi connectivity index (χ1) is 9.72. The molecule has 1 heterocycles. The number of esters is 1. The lowest BCUT2D eigenvalue weighted by atomic mass is 10.2. The fraction of sp³-hybridized carbons (Fsp3) is 0.0667. The van der Waals surface area contributed by atoms with Crippen LogP contribution in [0.3, 0.4) is 0 Å². The molecule has 1 aromatic heterocycles. The van der Waals surface area contributed by atoms with E-state index in [-0.39, 0.29) is 5.75 Å². The topological polar surface area (TPSA) is 72.5 Å². The maximum Gasteiger partial charge on any atom is 0.336 e. The Bertz CT molecular complexity index is 666. The molecule has 0 amide bonds. The van der Waals surface area contributed by atoms with Gasteiger partial charge in [0.1, 0.15) is 5.76 Å². The standard InChI is InChI=1S/C15H11NO4/c1-18-14-9-11(10-16)4-6-13(14)20-15(17)7-5-12-3-2-8-19-12/h2-9H,1H3/b7-5+. The normalized spacial score (nSPS) is 10.2. The van der Waals surface area contributed by atoms with E-state index in [4.69, 9.17) is 19.2 Å². The van der Waals surface area contributed by atoms with Gasteiger partial charge in [-0.2, -0.15) is 5.26 Å². The molecule has 2 aromatic rings. The first kappa shape index (κ1) is 13.4. The molecule has 0 atom stereocenters. The van der Waals surface area contributed by atoms with Gasteiger partial charge < -0.3 is 13.9 Å².